The lowest BCUT2D eigenvalue weighted by atomic mass is 10.2. The van der Waals surface area contributed by atoms with Gasteiger partial charge in [-0.25, -0.2) is 8.42 Å². The molecule has 0 fully saturated rings. The zero-order chi connectivity index (χ0) is 19.4. The van der Waals surface area contributed by atoms with E-state index in [1.165, 1.54) is 7.11 Å². The van der Waals surface area contributed by atoms with Crippen LogP contribution in [0.1, 0.15) is 5.89 Å². The molecule has 0 radical (unpaired) electrons. The second-order valence-corrected chi connectivity index (χ2v) is 7.59. The van der Waals surface area contributed by atoms with Crippen molar-refractivity contribution < 1.29 is 22.4 Å². The minimum Gasteiger partial charge on any atom is -0.497 e. The molecule has 0 aliphatic rings. The Morgan fingerprint density at radius 3 is 2.37 bits per heavy atom. The van der Waals surface area contributed by atoms with Gasteiger partial charge in [0.05, 0.1) is 26.2 Å². The maximum Gasteiger partial charge on any atom is 0.247 e. The van der Waals surface area contributed by atoms with Gasteiger partial charge >= 0.3 is 0 Å². The molecule has 2 aromatic carbocycles. The summed E-state index contributed by atoms with van der Waals surface area (Å²) in [6, 6.07) is 14.0. The number of sulfonamides is 1. The molecule has 0 atom stereocenters. The normalized spacial score (nSPS) is 11.2. The van der Waals surface area contributed by atoms with Crippen molar-refractivity contribution >= 4 is 15.7 Å². The monoisotopic (exact) mass is 389 g/mol. The Kier molecular flexibility index (Phi) is 5.31. The fourth-order valence-corrected chi connectivity index (χ4v) is 3.37. The first-order chi connectivity index (χ1) is 12.9. The third kappa shape index (κ3) is 4.20. The zero-order valence-corrected chi connectivity index (χ0v) is 15.9. The number of methoxy groups -OCH3 is 2. The number of ether oxygens (including phenoxy) is 2. The van der Waals surface area contributed by atoms with Gasteiger partial charge in [-0.15, -0.1) is 0 Å². The van der Waals surface area contributed by atoms with Gasteiger partial charge in [0.1, 0.15) is 18.0 Å². The number of hydrogen-bond acceptors (Lipinski definition) is 7. The molecule has 9 heteroatoms. The zero-order valence-electron chi connectivity index (χ0n) is 15.1. The molecule has 1 aromatic heterocycles. The van der Waals surface area contributed by atoms with Crippen LogP contribution in [0.2, 0.25) is 0 Å². The summed E-state index contributed by atoms with van der Waals surface area (Å²) in [5, 5.41) is 3.93. The molecule has 0 saturated heterocycles. The van der Waals surface area contributed by atoms with Gasteiger partial charge in [-0.1, -0.05) is 17.3 Å². The highest BCUT2D eigenvalue weighted by atomic mass is 32.2. The van der Waals surface area contributed by atoms with E-state index in [1.54, 1.807) is 55.6 Å². The number of para-hydroxylation sites is 2. The Hall–Kier alpha value is -3.07. The van der Waals surface area contributed by atoms with E-state index in [1.807, 2.05) is 0 Å². The number of benzene rings is 2. The fourth-order valence-electron chi connectivity index (χ4n) is 2.52. The minimum absolute atomic E-state index is 0.109. The minimum atomic E-state index is -3.60. The van der Waals surface area contributed by atoms with Crippen LogP contribution in [-0.2, 0) is 16.6 Å². The largest absolute Gasteiger partial charge is 0.497 e. The van der Waals surface area contributed by atoms with Gasteiger partial charge in [0.2, 0.25) is 21.7 Å². The lowest BCUT2D eigenvalue weighted by Gasteiger charge is -2.22. The van der Waals surface area contributed by atoms with Crippen LogP contribution in [0.3, 0.4) is 0 Å². The fraction of sp³-hybridized carbons (Fsp3) is 0.222. The molecular formula is C18H19N3O5S. The molecule has 27 heavy (non-hydrogen) atoms. The molecule has 0 aliphatic carbocycles. The van der Waals surface area contributed by atoms with Crippen LogP contribution in [0.5, 0.6) is 11.5 Å². The maximum absolute atomic E-state index is 12.3. The van der Waals surface area contributed by atoms with Crippen LogP contribution in [0.25, 0.3) is 11.4 Å². The molecule has 0 unspecified atom stereocenters. The smallest absolute Gasteiger partial charge is 0.247 e. The average Bonchev–Trinajstić information content (AvgIpc) is 3.14. The van der Waals surface area contributed by atoms with E-state index in [0.717, 1.165) is 16.1 Å². The van der Waals surface area contributed by atoms with E-state index in [2.05, 4.69) is 10.1 Å². The number of anilines is 1. The highest BCUT2D eigenvalue weighted by Gasteiger charge is 2.24. The number of hydrogen-bond donors (Lipinski definition) is 0. The standard InChI is InChI=1S/C18H19N3O5S/c1-24-14-10-8-13(9-11-14)18-19-17(26-20-18)12-21(27(3,22)23)15-6-4-5-7-16(15)25-2/h4-11H,12H2,1-3H3. The van der Waals surface area contributed by atoms with Gasteiger partial charge in [-0.3, -0.25) is 4.31 Å². The van der Waals surface area contributed by atoms with Gasteiger partial charge in [-0.2, -0.15) is 4.98 Å². The van der Waals surface area contributed by atoms with Crippen LogP contribution in [-0.4, -0.2) is 39.0 Å². The lowest BCUT2D eigenvalue weighted by Crippen LogP contribution is -2.29. The molecule has 1 heterocycles. The first kappa shape index (κ1) is 18.7. The quantitative estimate of drug-likeness (QED) is 0.613. The van der Waals surface area contributed by atoms with E-state index in [4.69, 9.17) is 14.0 Å². The van der Waals surface area contributed by atoms with E-state index >= 15 is 0 Å². The second kappa shape index (κ2) is 7.67. The van der Waals surface area contributed by atoms with Crippen LogP contribution in [0, 0.1) is 0 Å². The van der Waals surface area contributed by atoms with Gasteiger partial charge < -0.3 is 14.0 Å². The van der Waals surface area contributed by atoms with Gasteiger partial charge in [0, 0.05) is 5.56 Å². The molecule has 0 spiro atoms. The molecule has 8 nitrogen and oxygen atoms in total. The third-order valence-electron chi connectivity index (χ3n) is 3.85. The molecule has 3 rings (SSSR count). The van der Waals surface area contributed by atoms with Crippen molar-refractivity contribution in [3.63, 3.8) is 0 Å². The molecule has 3 aromatic rings. The first-order valence-electron chi connectivity index (χ1n) is 8.00. The Labute approximate surface area is 157 Å². The Balaban J connectivity index is 1.90. The van der Waals surface area contributed by atoms with Gasteiger partial charge in [-0.05, 0) is 36.4 Å². The van der Waals surface area contributed by atoms with E-state index in [-0.39, 0.29) is 12.4 Å². The van der Waals surface area contributed by atoms with Crippen molar-refractivity contribution in [1.29, 1.82) is 0 Å². The van der Waals surface area contributed by atoms with E-state index in [9.17, 15) is 8.42 Å². The summed E-state index contributed by atoms with van der Waals surface area (Å²) in [5.41, 5.74) is 1.13. The third-order valence-corrected chi connectivity index (χ3v) is 4.98. The SMILES string of the molecule is COc1ccc(-c2noc(CN(c3ccccc3OC)S(C)(=O)=O)n2)cc1. The van der Waals surface area contributed by atoms with E-state index < -0.39 is 10.0 Å². The summed E-state index contributed by atoms with van der Waals surface area (Å²) in [6.45, 7) is -0.109. The van der Waals surface area contributed by atoms with Crippen molar-refractivity contribution in [3.05, 3.63) is 54.4 Å². The summed E-state index contributed by atoms with van der Waals surface area (Å²) in [7, 11) is -0.542. The summed E-state index contributed by atoms with van der Waals surface area (Å²) < 4.78 is 41.5. The molecule has 142 valence electrons. The number of aromatic nitrogens is 2. The lowest BCUT2D eigenvalue weighted by molar-refractivity contribution is 0.379. The molecule has 0 saturated carbocycles. The number of nitrogens with zero attached hydrogens (tertiary/aromatic N) is 3. The van der Waals surface area contributed by atoms with Crippen LogP contribution in [0.15, 0.2) is 53.1 Å². The van der Waals surface area contributed by atoms with Crippen molar-refractivity contribution in [2.45, 2.75) is 6.54 Å². The molecular weight excluding hydrogens is 370 g/mol. The van der Waals surface area contributed by atoms with Crippen LogP contribution >= 0.6 is 0 Å². The summed E-state index contributed by atoms with van der Waals surface area (Å²) in [6.07, 6.45) is 1.11. The van der Waals surface area contributed by atoms with Crippen molar-refractivity contribution in [1.82, 2.24) is 10.1 Å². The van der Waals surface area contributed by atoms with Crippen molar-refractivity contribution in [2.24, 2.45) is 0 Å². The molecule has 0 aliphatic heterocycles. The Bertz CT molecular complexity index is 1020. The maximum atomic E-state index is 12.3. The van der Waals surface area contributed by atoms with Crippen LogP contribution in [0.4, 0.5) is 5.69 Å². The summed E-state index contributed by atoms with van der Waals surface area (Å²) >= 11 is 0. The number of rotatable bonds is 7. The van der Waals surface area contributed by atoms with Crippen molar-refractivity contribution in [2.75, 3.05) is 24.8 Å². The molecule has 0 amide bonds. The highest BCUT2D eigenvalue weighted by Crippen LogP contribution is 2.31. The molecule has 0 bridgehead atoms. The second-order valence-electron chi connectivity index (χ2n) is 5.68. The Morgan fingerprint density at radius 2 is 1.74 bits per heavy atom. The van der Waals surface area contributed by atoms with Crippen molar-refractivity contribution in [3.8, 4) is 22.9 Å². The van der Waals surface area contributed by atoms with E-state index in [0.29, 0.717) is 23.0 Å². The topological polar surface area (TPSA) is 94.8 Å². The Morgan fingerprint density at radius 1 is 1.04 bits per heavy atom. The first-order valence-corrected chi connectivity index (χ1v) is 9.85. The van der Waals surface area contributed by atoms with Gasteiger partial charge in [0.15, 0.2) is 0 Å². The summed E-state index contributed by atoms with van der Waals surface area (Å²) in [5.74, 6) is 1.66. The predicted molar refractivity (Wildman–Crippen MR) is 100 cm³/mol. The highest BCUT2D eigenvalue weighted by molar-refractivity contribution is 7.92. The predicted octanol–water partition coefficient (Wildman–Crippen LogP) is 2.72. The van der Waals surface area contributed by atoms with Gasteiger partial charge in [0.25, 0.3) is 0 Å². The molecule has 0 N–H and O–H groups in total. The van der Waals surface area contributed by atoms with Crippen LogP contribution < -0.4 is 13.8 Å². The average molecular weight is 389 g/mol. The summed E-state index contributed by atoms with van der Waals surface area (Å²) in [4.78, 5) is 4.30.